The van der Waals surface area contributed by atoms with Crippen molar-refractivity contribution in [3.63, 3.8) is 0 Å². The van der Waals surface area contributed by atoms with E-state index in [1.54, 1.807) is 4.90 Å². The molecule has 0 spiro atoms. The van der Waals surface area contributed by atoms with E-state index in [-0.39, 0.29) is 23.8 Å². The number of ether oxygens (including phenoxy) is 1. The summed E-state index contributed by atoms with van der Waals surface area (Å²) in [5.74, 6) is 0.827. The number of alkyl halides is 1. The van der Waals surface area contributed by atoms with Crippen LogP contribution in [0.3, 0.4) is 0 Å². The van der Waals surface area contributed by atoms with Gasteiger partial charge in [-0.15, -0.1) is 11.6 Å². The summed E-state index contributed by atoms with van der Waals surface area (Å²) in [6.07, 6.45) is 1.76. The minimum atomic E-state index is -0.251. The van der Waals surface area contributed by atoms with E-state index < -0.39 is 0 Å². The first kappa shape index (κ1) is 17.1. The summed E-state index contributed by atoms with van der Waals surface area (Å²) in [7, 11) is 0. The van der Waals surface area contributed by atoms with E-state index in [1.807, 2.05) is 19.1 Å². The number of hydrogen-bond acceptors (Lipinski definition) is 4. The molecule has 0 radical (unpaired) electrons. The molecule has 3 rings (SSSR count). The molecule has 130 valence electrons. The third kappa shape index (κ3) is 3.22. The lowest BCUT2D eigenvalue weighted by atomic mass is 9.88. The molecule has 24 heavy (non-hydrogen) atoms. The zero-order valence-corrected chi connectivity index (χ0v) is 14.6. The Bertz CT molecular complexity index is 635. The van der Waals surface area contributed by atoms with E-state index in [0.717, 1.165) is 23.2 Å². The molecule has 1 aromatic rings. The number of nitrogens with zero attached hydrogens (tertiary/aromatic N) is 1. The van der Waals surface area contributed by atoms with Crippen LogP contribution in [0.2, 0.25) is 0 Å². The molecular formula is C18H23ClN2O3. The first-order valence-electron chi connectivity index (χ1n) is 8.56. The van der Waals surface area contributed by atoms with Gasteiger partial charge in [-0.2, -0.15) is 0 Å². The van der Waals surface area contributed by atoms with Crippen LogP contribution in [-0.2, 0) is 4.74 Å². The highest BCUT2D eigenvalue weighted by Crippen LogP contribution is 2.42. The summed E-state index contributed by atoms with van der Waals surface area (Å²) in [5.41, 5.74) is 2.82. The smallest absolute Gasteiger partial charge is 0.409 e. The first-order chi connectivity index (χ1) is 11.7. The fraction of sp³-hybridized carbons (Fsp3) is 0.556. The molecule has 2 heterocycles. The normalized spacial score (nSPS) is 21.7. The zero-order chi connectivity index (χ0) is 17.1. The predicted molar refractivity (Wildman–Crippen MR) is 94.1 cm³/mol. The van der Waals surface area contributed by atoms with E-state index in [1.165, 1.54) is 0 Å². The predicted octanol–water partition coefficient (Wildman–Crippen LogP) is 3.63. The largest absolute Gasteiger partial charge is 0.450 e. The maximum absolute atomic E-state index is 12.4. The van der Waals surface area contributed by atoms with Crippen LogP contribution < -0.4 is 5.32 Å². The van der Waals surface area contributed by atoms with Crippen LogP contribution >= 0.6 is 11.6 Å². The third-order valence-corrected chi connectivity index (χ3v) is 5.07. The number of fused-ring (bicyclic) bond motifs is 3. The second kappa shape index (κ2) is 7.43. The number of para-hydroxylation sites is 1. The molecule has 0 aliphatic carbocycles. The molecule has 1 fully saturated rings. The highest BCUT2D eigenvalue weighted by Gasteiger charge is 2.39. The van der Waals surface area contributed by atoms with Crippen LogP contribution in [0.15, 0.2) is 18.2 Å². The van der Waals surface area contributed by atoms with Crippen LogP contribution in [0.5, 0.6) is 0 Å². The van der Waals surface area contributed by atoms with E-state index in [0.29, 0.717) is 38.4 Å². The monoisotopic (exact) mass is 350 g/mol. The quantitative estimate of drug-likeness (QED) is 0.650. The Labute approximate surface area is 147 Å². The number of hydrogen-bond donors (Lipinski definition) is 1. The Morgan fingerprint density at radius 2 is 2.25 bits per heavy atom. The topological polar surface area (TPSA) is 58.6 Å². The number of ketones is 1. The summed E-state index contributed by atoms with van der Waals surface area (Å²) < 4.78 is 5.12. The molecular weight excluding hydrogens is 328 g/mol. The van der Waals surface area contributed by atoms with Crippen molar-refractivity contribution in [1.29, 1.82) is 0 Å². The molecule has 2 aliphatic heterocycles. The van der Waals surface area contributed by atoms with Crippen molar-refractivity contribution >= 4 is 29.2 Å². The first-order valence-corrected chi connectivity index (χ1v) is 9.09. The summed E-state index contributed by atoms with van der Waals surface area (Å²) >= 11 is 5.70. The van der Waals surface area contributed by atoms with Gasteiger partial charge in [0.2, 0.25) is 0 Å². The van der Waals surface area contributed by atoms with Crippen molar-refractivity contribution in [3.05, 3.63) is 29.3 Å². The number of Topliss-reactive ketones (excluding diaryl/α,β-unsaturated/α-hetero) is 1. The average molecular weight is 351 g/mol. The number of piperidine rings is 1. The van der Waals surface area contributed by atoms with E-state index >= 15 is 0 Å². The fourth-order valence-corrected chi connectivity index (χ4v) is 3.77. The van der Waals surface area contributed by atoms with Crippen LogP contribution in [0, 0.1) is 0 Å². The van der Waals surface area contributed by atoms with Gasteiger partial charge in [-0.3, -0.25) is 4.79 Å². The minimum Gasteiger partial charge on any atom is -0.450 e. The van der Waals surface area contributed by atoms with Gasteiger partial charge in [0, 0.05) is 48.6 Å². The van der Waals surface area contributed by atoms with Gasteiger partial charge in [0.15, 0.2) is 5.78 Å². The molecule has 0 saturated carbocycles. The number of anilines is 1. The van der Waals surface area contributed by atoms with Crippen LogP contribution in [0.25, 0.3) is 0 Å². The molecule has 0 unspecified atom stereocenters. The second-order valence-corrected chi connectivity index (χ2v) is 6.65. The molecule has 2 aliphatic rings. The molecule has 0 aromatic heterocycles. The summed E-state index contributed by atoms with van der Waals surface area (Å²) in [4.78, 5) is 26.2. The highest BCUT2D eigenvalue weighted by molar-refractivity contribution is 6.18. The number of rotatable bonds is 5. The van der Waals surface area contributed by atoms with E-state index in [4.69, 9.17) is 16.3 Å². The van der Waals surface area contributed by atoms with Gasteiger partial charge in [0.25, 0.3) is 0 Å². The number of nitrogens with one attached hydrogen (secondary N) is 1. The lowest BCUT2D eigenvalue weighted by Gasteiger charge is -2.34. The number of halogens is 1. The molecule has 1 amide bonds. The molecule has 5 nitrogen and oxygen atoms in total. The van der Waals surface area contributed by atoms with Crippen molar-refractivity contribution in [2.24, 2.45) is 0 Å². The molecule has 2 atom stereocenters. The van der Waals surface area contributed by atoms with E-state index in [9.17, 15) is 9.59 Å². The summed E-state index contributed by atoms with van der Waals surface area (Å²) in [6, 6.07) is 6.14. The maximum atomic E-state index is 12.4. The van der Waals surface area contributed by atoms with Gasteiger partial charge in [-0.1, -0.05) is 12.1 Å². The SMILES string of the molecule is CCOC(=O)N1CC[C@H]2Nc3c(C(=O)CCCCl)cccc3[C@H]2C1. The number of amides is 1. The van der Waals surface area contributed by atoms with Gasteiger partial charge in [0.1, 0.15) is 0 Å². The van der Waals surface area contributed by atoms with Crippen LogP contribution in [0.4, 0.5) is 10.5 Å². The van der Waals surface area contributed by atoms with Gasteiger partial charge in [-0.05, 0) is 31.4 Å². The maximum Gasteiger partial charge on any atom is 0.409 e. The average Bonchev–Trinajstić information content (AvgIpc) is 2.97. The molecule has 6 heteroatoms. The van der Waals surface area contributed by atoms with Crippen molar-refractivity contribution < 1.29 is 14.3 Å². The standard InChI is InChI=1S/C18H23ClN2O3/c1-2-24-18(23)21-10-8-15-14(11-21)12-5-3-6-13(17(12)20-15)16(22)7-4-9-19/h3,5-6,14-15,20H,2,4,7-11H2,1H3/t14-,15-/m1/s1. The van der Waals surface area contributed by atoms with Gasteiger partial charge in [-0.25, -0.2) is 4.79 Å². The Kier molecular flexibility index (Phi) is 5.29. The van der Waals surface area contributed by atoms with Gasteiger partial charge in [0.05, 0.1) is 6.61 Å². The molecule has 1 saturated heterocycles. The molecule has 0 bridgehead atoms. The van der Waals surface area contributed by atoms with Crippen molar-refractivity contribution in [2.75, 3.05) is 30.9 Å². The van der Waals surface area contributed by atoms with Crippen molar-refractivity contribution in [2.45, 2.75) is 38.1 Å². The van der Waals surface area contributed by atoms with Crippen LogP contribution in [0.1, 0.15) is 48.0 Å². The number of carbonyl (C=O) groups is 2. The Morgan fingerprint density at radius 3 is 3.00 bits per heavy atom. The molecule has 1 aromatic carbocycles. The van der Waals surface area contributed by atoms with Crippen molar-refractivity contribution in [3.8, 4) is 0 Å². The summed E-state index contributed by atoms with van der Waals surface area (Å²) in [6.45, 7) is 3.51. The van der Waals surface area contributed by atoms with Gasteiger partial charge < -0.3 is 15.0 Å². The lowest BCUT2D eigenvalue weighted by Crippen LogP contribution is -2.45. The Hall–Kier alpha value is -1.75. The third-order valence-electron chi connectivity index (χ3n) is 4.80. The van der Waals surface area contributed by atoms with Gasteiger partial charge >= 0.3 is 6.09 Å². The van der Waals surface area contributed by atoms with E-state index in [2.05, 4.69) is 11.4 Å². The number of carbonyl (C=O) groups excluding carboxylic acids is 2. The number of likely N-dealkylation sites (tertiary alicyclic amines) is 1. The second-order valence-electron chi connectivity index (χ2n) is 6.28. The summed E-state index contributed by atoms with van der Waals surface area (Å²) in [5, 5.41) is 3.52. The number of benzene rings is 1. The molecule has 1 N–H and O–H groups in total. The van der Waals surface area contributed by atoms with Crippen molar-refractivity contribution in [1.82, 2.24) is 4.90 Å². The zero-order valence-electron chi connectivity index (χ0n) is 13.9. The lowest BCUT2D eigenvalue weighted by molar-refractivity contribution is 0.0947. The fourth-order valence-electron chi connectivity index (χ4n) is 3.64. The Balaban J connectivity index is 1.80. The Morgan fingerprint density at radius 1 is 1.42 bits per heavy atom. The minimum absolute atomic E-state index is 0.126. The highest BCUT2D eigenvalue weighted by atomic mass is 35.5. The van der Waals surface area contributed by atoms with Crippen LogP contribution in [-0.4, -0.2) is 48.4 Å².